The van der Waals surface area contributed by atoms with Crippen LogP contribution in [0.25, 0.3) is 6.08 Å². The number of cyclic esters (lactones) is 1. The molecule has 116 valence electrons. The Labute approximate surface area is 134 Å². The Balaban J connectivity index is 1.72. The minimum Gasteiger partial charge on any atom is -0.447 e. The maximum absolute atomic E-state index is 12.4. The molecule has 1 aliphatic rings. The van der Waals surface area contributed by atoms with Crippen LogP contribution in [0.3, 0.4) is 0 Å². The van der Waals surface area contributed by atoms with Crippen molar-refractivity contribution in [2.75, 3.05) is 6.61 Å². The maximum atomic E-state index is 12.4. The van der Waals surface area contributed by atoms with Crippen molar-refractivity contribution >= 4 is 18.1 Å². The Kier molecular flexibility index (Phi) is 4.47. The SMILES string of the molecule is O=C(/C=C/c1ccncc1)N1C(=O)OC[C@@H]1Cc1ccccc1. The molecule has 0 N–H and O–H groups in total. The molecule has 0 saturated carbocycles. The molecule has 1 fully saturated rings. The number of pyridine rings is 1. The Morgan fingerprint density at radius 1 is 1.22 bits per heavy atom. The standard InChI is InChI=1S/C18H16N2O3/c21-17(7-6-14-8-10-19-11-9-14)20-16(13-23-18(20)22)12-15-4-2-1-3-5-15/h1-11,16H,12-13H2/b7-6+/t16-/m0/s1. The second-order valence-electron chi connectivity index (χ2n) is 5.24. The van der Waals surface area contributed by atoms with E-state index in [4.69, 9.17) is 4.74 Å². The lowest BCUT2D eigenvalue weighted by atomic mass is 10.1. The average Bonchev–Trinajstić information content (AvgIpc) is 2.95. The molecule has 1 saturated heterocycles. The molecule has 1 aromatic carbocycles. The first-order chi connectivity index (χ1) is 11.2. The van der Waals surface area contributed by atoms with Crippen LogP contribution in [0, 0.1) is 0 Å². The van der Waals surface area contributed by atoms with Gasteiger partial charge in [0.1, 0.15) is 6.61 Å². The predicted molar refractivity (Wildman–Crippen MR) is 85.4 cm³/mol. The van der Waals surface area contributed by atoms with Gasteiger partial charge in [0.2, 0.25) is 0 Å². The van der Waals surface area contributed by atoms with Crippen molar-refractivity contribution in [3.63, 3.8) is 0 Å². The Morgan fingerprint density at radius 2 is 1.96 bits per heavy atom. The fourth-order valence-corrected chi connectivity index (χ4v) is 2.49. The normalized spacial score (nSPS) is 17.5. The van der Waals surface area contributed by atoms with Crippen LogP contribution in [0.5, 0.6) is 0 Å². The molecule has 5 nitrogen and oxygen atoms in total. The van der Waals surface area contributed by atoms with E-state index in [0.717, 1.165) is 11.1 Å². The number of carbonyl (C=O) groups is 2. The highest BCUT2D eigenvalue weighted by molar-refractivity contribution is 6.02. The number of carbonyl (C=O) groups excluding carboxylic acids is 2. The molecule has 2 aromatic rings. The van der Waals surface area contributed by atoms with Crippen LogP contribution in [0.15, 0.2) is 60.9 Å². The second kappa shape index (κ2) is 6.87. The third kappa shape index (κ3) is 3.63. The van der Waals surface area contributed by atoms with Crippen molar-refractivity contribution < 1.29 is 14.3 Å². The van der Waals surface area contributed by atoms with E-state index in [1.165, 1.54) is 11.0 Å². The van der Waals surface area contributed by atoms with Gasteiger partial charge in [-0.15, -0.1) is 0 Å². The summed E-state index contributed by atoms with van der Waals surface area (Å²) in [5.41, 5.74) is 1.91. The molecule has 3 rings (SSSR count). The minimum atomic E-state index is -0.588. The zero-order valence-electron chi connectivity index (χ0n) is 12.5. The number of ether oxygens (including phenoxy) is 1. The minimum absolute atomic E-state index is 0.225. The molecule has 1 atom stereocenters. The van der Waals surface area contributed by atoms with E-state index in [1.807, 2.05) is 30.3 Å². The van der Waals surface area contributed by atoms with Gasteiger partial charge >= 0.3 is 6.09 Å². The molecule has 1 aromatic heterocycles. The van der Waals surface area contributed by atoms with Crippen LogP contribution < -0.4 is 0 Å². The number of nitrogens with zero attached hydrogens (tertiary/aromatic N) is 2. The van der Waals surface area contributed by atoms with Crippen molar-refractivity contribution in [3.8, 4) is 0 Å². The summed E-state index contributed by atoms with van der Waals surface area (Å²) >= 11 is 0. The number of hydrogen-bond donors (Lipinski definition) is 0. The first-order valence-electron chi connectivity index (χ1n) is 7.36. The quantitative estimate of drug-likeness (QED) is 0.815. The van der Waals surface area contributed by atoms with Crippen LogP contribution in [0.4, 0.5) is 4.79 Å². The van der Waals surface area contributed by atoms with E-state index in [2.05, 4.69) is 4.98 Å². The number of imide groups is 1. The van der Waals surface area contributed by atoms with Crippen LogP contribution >= 0.6 is 0 Å². The summed E-state index contributed by atoms with van der Waals surface area (Å²) in [7, 11) is 0. The zero-order valence-corrected chi connectivity index (χ0v) is 12.5. The van der Waals surface area contributed by atoms with E-state index < -0.39 is 6.09 Å². The van der Waals surface area contributed by atoms with Crippen LogP contribution in [0.1, 0.15) is 11.1 Å². The van der Waals surface area contributed by atoms with E-state index in [9.17, 15) is 9.59 Å². The number of aromatic nitrogens is 1. The van der Waals surface area contributed by atoms with Gasteiger partial charge in [-0.05, 0) is 35.8 Å². The smallest absolute Gasteiger partial charge is 0.417 e. The Bertz CT molecular complexity index is 714. The molecule has 0 spiro atoms. The number of benzene rings is 1. The zero-order chi connectivity index (χ0) is 16.1. The van der Waals surface area contributed by atoms with Crippen molar-refractivity contribution in [1.29, 1.82) is 0 Å². The third-order valence-corrected chi connectivity index (χ3v) is 3.64. The second-order valence-corrected chi connectivity index (χ2v) is 5.24. The maximum Gasteiger partial charge on any atom is 0.417 e. The topological polar surface area (TPSA) is 59.5 Å². The van der Waals surface area contributed by atoms with Crippen molar-refractivity contribution in [2.45, 2.75) is 12.5 Å². The fourth-order valence-electron chi connectivity index (χ4n) is 2.49. The van der Waals surface area contributed by atoms with Gasteiger partial charge in [-0.3, -0.25) is 9.78 Å². The lowest BCUT2D eigenvalue weighted by Gasteiger charge is -2.18. The summed E-state index contributed by atoms with van der Waals surface area (Å²) < 4.78 is 5.05. The summed E-state index contributed by atoms with van der Waals surface area (Å²) in [6.07, 6.45) is 6.34. The largest absolute Gasteiger partial charge is 0.447 e. The average molecular weight is 308 g/mol. The highest BCUT2D eigenvalue weighted by atomic mass is 16.6. The highest BCUT2D eigenvalue weighted by Gasteiger charge is 2.36. The van der Waals surface area contributed by atoms with Crippen LogP contribution in [-0.4, -0.2) is 34.5 Å². The van der Waals surface area contributed by atoms with Gasteiger partial charge in [0.25, 0.3) is 5.91 Å². The summed E-state index contributed by atoms with van der Waals surface area (Å²) in [6.45, 7) is 0.225. The molecule has 2 amide bonds. The van der Waals surface area contributed by atoms with Gasteiger partial charge in [0.15, 0.2) is 0 Å². The molecule has 2 heterocycles. The van der Waals surface area contributed by atoms with Crippen LogP contribution in [0.2, 0.25) is 0 Å². The fraction of sp³-hybridized carbons (Fsp3) is 0.167. The molecule has 0 unspecified atom stereocenters. The predicted octanol–water partition coefficient (Wildman–Crippen LogP) is 2.68. The molecule has 5 heteroatoms. The number of rotatable bonds is 4. The summed E-state index contributed by atoms with van der Waals surface area (Å²) in [5, 5.41) is 0. The van der Waals surface area contributed by atoms with Gasteiger partial charge in [-0.1, -0.05) is 30.3 Å². The Morgan fingerprint density at radius 3 is 2.70 bits per heavy atom. The molecule has 1 aliphatic heterocycles. The van der Waals surface area contributed by atoms with Crippen molar-refractivity contribution in [2.24, 2.45) is 0 Å². The van der Waals surface area contributed by atoms with Gasteiger partial charge in [-0.25, -0.2) is 9.69 Å². The lowest BCUT2D eigenvalue weighted by Crippen LogP contribution is -2.39. The summed E-state index contributed by atoms with van der Waals surface area (Å²) in [4.78, 5) is 29.3. The Hall–Kier alpha value is -2.95. The number of hydrogen-bond acceptors (Lipinski definition) is 4. The first kappa shape index (κ1) is 15.0. The molecule has 0 radical (unpaired) electrons. The van der Waals surface area contributed by atoms with E-state index in [1.54, 1.807) is 30.6 Å². The summed E-state index contributed by atoms with van der Waals surface area (Å²) in [6, 6.07) is 13.0. The van der Waals surface area contributed by atoms with Crippen molar-refractivity contribution in [3.05, 3.63) is 72.1 Å². The summed E-state index contributed by atoms with van der Waals surface area (Å²) in [5.74, 6) is -0.370. The van der Waals surface area contributed by atoms with E-state index in [-0.39, 0.29) is 18.6 Å². The molecular formula is C18H16N2O3. The van der Waals surface area contributed by atoms with Gasteiger partial charge in [0.05, 0.1) is 6.04 Å². The van der Waals surface area contributed by atoms with Crippen LogP contribution in [-0.2, 0) is 16.0 Å². The number of amides is 2. The molecule has 23 heavy (non-hydrogen) atoms. The molecular weight excluding hydrogens is 292 g/mol. The monoisotopic (exact) mass is 308 g/mol. The van der Waals surface area contributed by atoms with Gasteiger partial charge in [-0.2, -0.15) is 0 Å². The van der Waals surface area contributed by atoms with Crippen molar-refractivity contribution in [1.82, 2.24) is 9.88 Å². The first-order valence-corrected chi connectivity index (χ1v) is 7.36. The molecule has 0 aliphatic carbocycles. The van der Waals surface area contributed by atoms with Gasteiger partial charge in [0, 0.05) is 18.5 Å². The van der Waals surface area contributed by atoms with E-state index >= 15 is 0 Å². The lowest BCUT2D eigenvalue weighted by molar-refractivity contribution is -0.124. The molecule has 0 bridgehead atoms. The van der Waals surface area contributed by atoms with E-state index in [0.29, 0.717) is 6.42 Å². The third-order valence-electron chi connectivity index (χ3n) is 3.64. The van der Waals surface area contributed by atoms with Gasteiger partial charge < -0.3 is 4.74 Å². The highest BCUT2D eigenvalue weighted by Crippen LogP contribution is 2.18.